The summed E-state index contributed by atoms with van der Waals surface area (Å²) in [7, 11) is -3.47. The summed E-state index contributed by atoms with van der Waals surface area (Å²) >= 11 is 6.22. The van der Waals surface area contributed by atoms with E-state index >= 15 is 0 Å². The van der Waals surface area contributed by atoms with Gasteiger partial charge >= 0.3 is 0 Å². The maximum absolute atomic E-state index is 13.1. The highest BCUT2D eigenvalue weighted by atomic mass is 35.5. The number of carbonyl (C=O) groups excluding carboxylic acids is 1. The lowest BCUT2D eigenvalue weighted by Crippen LogP contribution is -2.16. The summed E-state index contributed by atoms with van der Waals surface area (Å²) in [6.07, 6.45) is 10.4. The molecule has 1 aromatic heterocycles. The van der Waals surface area contributed by atoms with E-state index in [9.17, 15) is 13.2 Å². The van der Waals surface area contributed by atoms with E-state index in [1.54, 1.807) is 6.07 Å². The summed E-state index contributed by atoms with van der Waals surface area (Å²) in [5.41, 5.74) is 1.38. The van der Waals surface area contributed by atoms with Crippen LogP contribution in [0.15, 0.2) is 41.6 Å². The van der Waals surface area contributed by atoms with E-state index in [-0.39, 0.29) is 34.2 Å². The van der Waals surface area contributed by atoms with Crippen LogP contribution in [0.25, 0.3) is 5.57 Å². The lowest BCUT2D eigenvalue weighted by Gasteiger charge is -2.13. The minimum atomic E-state index is -3.47. The zero-order chi connectivity index (χ0) is 23.1. The Morgan fingerprint density at radius 3 is 2.62 bits per heavy atom. The van der Waals surface area contributed by atoms with Crippen molar-refractivity contribution in [1.29, 1.82) is 0 Å². The molecule has 0 spiro atoms. The number of hydrogen-bond acceptors (Lipinski definition) is 6. The van der Waals surface area contributed by atoms with Gasteiger partial charge in [0.2, 0.25) is 0 Å². The van der Waals surface area contributed by atoms with Gasteiger partial charge in [-0.15, -0.1) is 0 Å². The second-order valence-corrected chi connectivity index (χ2v) is 9.95. The topological polar surface area (TPSA) is 109 Å². The molecule has 3 rings (SSSR count). The van der Waals surface area contributed by atoms with Crippen LogP contribution in [-0.4, -0.2) is 42.3 Å². The number of carbonyl (C=O) groups is 1. The number of aliphatic hydroxyl groups is 1. The van der Waals surface area contributed by atoms with Crippen molar-refractivity contribution >= 4 is 38.7 Å². The first-order valence-electron chi connectivity index (χ1n) is 10.2. The van der Waals surface area contributed by atoms with E-state index < -0.39 is 9.84 Å². The molecule has 32 heavy (non-hydrogen) atoms. The number of nitrogens with zero attached hydrogens (tertiary/aromatic N) is 2. The van der Waals surface area contributed by atoms with Gasteiger partial charge < -0.3 is 10.4 Å². The van der Waals surface area contributed by atoms with Crippen molar-refractivity contribution in [3.8, 4) is 11.8 Å². The van der Waals surface area contributed by atoms with Crippen molar-refractivity contribution in [2.45, 2.75) is 37.0 Å². The van der Waals surface area contributed by atoms with Crippen LogP contribution in [0.5, 0.6) is 0 Å². The van der Waals surface area contributed by atoms with Gasteiger partial charge in [-0.3, -0.25) is 4.79 Å². The van der Waals surface area contributed by atoms with E-state index in [0.717, 1.165) is 31.9 Å². The standard InChI is InChI=1S/C23H24ClN3O4S/c1-32(30,31)21-10-9-17(13-20(21)24)19(12-16-6-2-3-7-16)23(29)27-22-15-25-18(14-26-22)8-4-5-11-28/h9-10,12-16,28H,2-3,5-7,11H2,1H3,(H,26,27,29)/b19-12+. The highest BCUT2D eigenvalue weighted by molar-refractivity contribution is 7.90. The predicted octanol–water partition coefficient (Wildman–Crippen LogP) is 3.48. The average molecular weight is 474 g/mol. The number of halogens is 1. The molecular formula is C23H24ClN3O4S. The maximum Gasteiger partial charge on any atom is 0.257 e. The molecule has 168 valence electrons. The number of nitrogens with one attached hydrogen (secondary N) is 1. The van der Waals surface area contributed by atoms with Crippen LogP contribution in [0.3, 0.4) is 0 Å². The number of anilines is 1. The molecule has 1 saturated carbocycles. The van der Waals surface area contributed by atoms with Crippen LogP contribution < -0.4 is 5.32 Å². The number of benzene rings is 1. The smallest absolute Gasteiger partial charge is 0.257 e. The molecule has 1 aliphatic carbocycles. The van der Waals surface area contributed by atoms with E-state index in [4.69, 9.17) is 16.7 Å². The molecule has 7 nitrogen and oxygen atoms in total. The molecule has 1 aliphatic rings. The van der Waals surface area contributed by atoms with Gasteiger partial charge in [0.25, 0.3) is 5.91 Å². The van der Waals surface area contributed by atoms with Crippen molar-refractivity contribution in [3.63, 3.8) is 0 Å². The molecule has 0 saturated heterocycles. The van der Waals surface area contributed by atoms with Gasteiger partial charge in [-0.2, -0.15) is 0 Å². The Morgan fingerprint density at radius 2 is 2.03 bits per heavy atom. The molecule has 1 fully saturated rings. The zero-order valence-electron chi connectivity index (χ0n) is 17.6. The van der Waals surface area contributed by atoms with E-state index in [0.29, 0.717) is 23.3 Å². The Morgan fingerprint density at radius 1 is 1.28 bits per heavy atom. The number of sulfone groups is 1. The molecule has 2 aromatic rings. The Hall–Kier alpha value is -2.73. The Bertz CT molecular complexity index is 1180. The lowest BCUT2D eigenvalue weighted by atomic mass is 9.98. The Kier molecular flexibility index (Phi) is 8.02. The number of rotatable bonds is 6. The van der Waals surface area contributed by atoms with Gasteiger partial charge in [0.15, 0.2) is 15.7 Å². The van der Waals surface area contributed by atoms with Gasteiger partial charge in [-0.1, -0.05) is 42.5 Å². The zero-order valence-corrected chi connectivity index (χ0v) is 19.2. The van der Waals surface area contributed by atoms with Crippen LogP contribution in [0.4, 0.5) is 5.82 Å². The van der Waals surface area contributed by atoms with Gasteiger partial charge in [0.1, 0.15) is 5.69 Å². The second kappa shape index (κ2) is 10.7. The van der Waals surface area contributed by atoms with Gasteiger partial charge in [-0.25, -0.2) is 18.4 Å². The Balaban J connectivity index is 1.87. The number of aliphatic hydroxyl groups excluding tert-OH is 1. The predicted molar refractivity (Wildman–Crippen MR) is 124 cm³/mol. The molecule has 9 heteroatoms. The van der Waals surface area contributed by atoms with E-state index in [2.05, 4.69) is 27.1 Å². The van der Waals surface area contributed by atoms with Crippen molar-refractivity contribution in [2.75, 3.05) is 18.2 Å². The summed E-state index contributed by atoms with van der Waals surface area (Å²) < 4.78 is 23.8. The number of aromatic nitrogens is 2. The first-order chi connectivity index (χ1) is 15.3. The quantitative estimate of drug-likeness (QED) is 0.491. The highest BCUT2D eigenvalue weighted by Crippen LogP contribution is 2.32. The third-order valence-corrected chi connectivity index (χ3v) is 6.62. The number of hydrogen-bond donors (Lipinski definition) is 2. The molecule has 2 N–H and O–H groups in total. The van der Waals surface area contributed by atoms with Crippen molar-refractivity contribution in [3.05, 3.63) is 52.9 Å². The maximum atomic E-state index is 13.1. The second-order valence-electron chi connectivity index (χ2n) is 7.56. The Labute approximate surface area is 192 Å². The first kappa shape index (κ1) is 23.9. The van der Waals surface area contributed by atoms with Crippen molar-refractivity contribution in [1.82, 2.24) is 9.97 Å². The molecule has 0 aliphatic heterocycles. The van der Waals surface area contributed by atoms with E-state index in [1.165, 1.54) is 24.5 Å². The highest BCUT2D eigenvalue weighted by Gasteiger charge is 2.21. The minimum absolute atomic E-state index is 0.0207. The lowest BCUT2D eigenvalue weighted by molar-refractivity contribution is -0.111. The third kappa shape index (κ3) is 6.39. The largest absolute Gasteiger partial charge is 0.395 e. The molecule has 1 aromatic carbocycles. The van der Waals surface area contributed by atoms with Gasteiger partial charge in [0.05, 0.1) is 28.9 Å². The minimum Gasteiger partial charge on any atom is -0.395 e. The molecule has 0 atom stereocenters. The number of allylic oxidation sites excluding steroid dienone is 1. The number of amides is 1. The van der Waals surface area contributed by atoms with Crippen LogP contribution >= 0.6 is 11.6 Å². The fourth-order valence-electron chi connectivity index (χ4n) is 3.48. The summed E-state index contributed by atoms with van der Waals surface area (Å²) in [5.74, 6) is 5.68. The van der Waals surface area contributed by atoms with Gasteiger partial charge in [-0.05, 0) is 42.4 Å². The first-order valence-corrected chi connectivity index (χ1v) is 12.5. The van der Waals surface area contributed by atoms with Gasteiger partial charge in [0, 0.05) is 18.2 Å². The third-order valence-electron chi connectivity index (χ3n) is 5.04. The fraction of sp³-hybridized carbons (Fsp3) is 0.348. The molecule has 1 amide bonds. The summed E-state index contributed by atoms with van der Waals surface area (Å²) in [5, 5.41) is 11.6. The average Bonchev–Trinajstić information content (AvgIpc) is 3.26. The van der Waals surface area contributed by atoms with Crippen LogP contribution in [0, 0.1) is 17.8 Å². The molecule has 0 radical (unpaired) electrons. The molecule has 0 bridgehead atoms. The van der Waals surface area contributed by atoms with Crippen LogP contribution in [0.2, 0.25) is 5.02 Å². The molecule has 0 unspecified atom stereocenters. The van der Waals surface area contributed by atoms with E-state index in [1.807, 2.05) is 6.08 Å². The van der Waals surface area contributed by atoms with Crippen molar-refractivity contribution in [2.24, 2.45) is 5.92 Å². The molecule has 1 heterocycles. The summed E-state index contributed by atoms with van der Waals surface area (Å²) in [6.45, 7) is -0.0279. The summed E-state index contributed by atoms with van der Waals surface area (Å²) in [6, 6.07) is 4.51. The summed E-state index contributed by atoms with van der Waals surface area (Å²) in [4.78, 5) is 21.5. The van der Waals surface area contributed by atoms with Crippen LogP contribution in [-0.2, 0) is 14.6 Å². The molecular weight excluding hydrogens is 450 g/mol. The van der Waals surface area contributed by atoms with Crippen molar-refractivity contribution < 1.29 is 18.3 Å². The normalized spacial score (nSPS) is 14.7. The van der Waals surface area contributed by atoms with Crippen LogP contribution in [0.1, 0.15) is 43.4 Å². The monoisotopic (exact) mass is 473 g/mol. The fourth-order valence-corrected chi connectivity index (χ4v) is 4.81. The SMILES string of the molecule is CS(=O)(=O)c1ccc(/C(=C\C2CCCC2)C(=O)Nc2cnc(C#CCCO)cn2)cc1Cl.